The van der Waals surface area contributed by atoms with Crippen molar-refractivity contribution in [1.29, 1.82) is 0 Å². The Bertz CT molecular complexity index is 604. The number of aromatic nitrogens is 4. The number of nitrogens with two attached hydrogens (primary N) is 1. The van der Waals surface area contributed by atoms with Crippen molar-refractivity contribution in [3.8, 4) is 0 Å². The minimum Gasteiger partial charge on any atom is -0.368 e. The van der Waals surface area contributed by atoms with Crippen LogP contribution in [0.25, 0.3) is 0 Å². The fourth-order valence-electron chi connectivity index (χ4n) is 2.49. The van der Waals surface area contributed by atoms with Crippen molar-refractivity contribution in [2.45, 2.75) is 32.6 Å². The summed E-state index contributed by atoms with van der Waals surface area (Å²) >= 11 is 0. The van der Waals surface area contributed by atoms with Gasteiger partial charge in [0.25, 0.3) is 0 Å². The molecule has 110 valence electrons. The standard InChI is InChI=1S/C15H20N6/c1-2-11-5-6-12(17-10-11)9-13-18-14(16)20-15(19-13)21-7-3-4-8-21/h5-6,10H,2-4,7-9H2,1H3,(H2,16,18,19,20). The van der Waals surface area contributed by atoms with E-state index in [0.717, 1.165) is 25.2 Å². The molecule has 6 nitrogen and oxygen atoms in total. The van der Waals surface area contributed by atoms with Crippen LogP contribution in [0.2, 0.25) is 0 Å². The molecule has 0 aromatic carbocycles. The molecule has 0 amide bonds. The number of nitrogen functional groups attached to an aromatic ring is 1. The van der Waals surface area contributed by atoms with Crippen molar-refractivity contribution in [2.24, 2.45) is 0 Å². The van der Waals surface area contributed by atoms with Gasteiger partial charge in [0.2, 0.25) is 11.9 Å². The topological polar surface area (TPSA) is 80.8 Å². The van der Waals surface area contributed by atoms with Gasteiger partial charge in [-0.3, -0.25) is 4.98 Å². The molecule has 1 saturated heterocycles. The molecule has 0 aliphatic carbocycles. The van der Waals surface area contributed by atoms with E-state index in [1.807, 2.05) is 12.3 Å². The molecule has 1 fully saturated rings. The number of hydrogen-bond acceptors (Lipinski definition) is 6. The first kappa shape index (κ1) is 13.7. The third-order valence-corrected chi connectivity index (χ3v) is 3.71. The van der Waals surface area contributed by atoms with Gasteiger partial charge in [0, 0.05) is 25.0 Å². The summed E-state index contributed by atoms with van der Waals surface area (Å²) in [6.07, 6.45) is 5.84. The van der Waals surface area contributed by atoms with Crippen LogP contribution >= 0.6 is 0 Å². The first-order valence-electron chi connectivity index (χ1n) is 7.44. The molecule has 0 atom stereocenters. The van der Waals surface area contributed by atoms with Gasteiger partial charge in [-0.1, -0.05) is 13.0 Å². The van der Waals surface area contributed by atoms with Crippen LogP contribution in [0.5, 0.6) is 0 Å². The normalized spacial score (nSPS) is 14.6. The number of aryl methyl sites for hydroxylation is 1. The summed E-state index contributed by atoms with van der Waals surface area (Å²) in [5.41, 5.74) is 7.99. The van der Waals surface area contributed by atoms with Crippen LogP contribution in [-0.4, -0.2) is 33.0 Å². The fraction of sp³-hybridized carbons (Fsp3) is 0.467. The lowest BCUT2D eigenvalue weighted by molar-refractivity contribution is 0.840. The average molecular weight is 284 g/mol. The maximum atomic E-state index is 5.82. The van der Waals surface area contributed by atoms with Crippen LogP contribution in [0.4, 0.5) is 11.9 Å². The molecule has 2 aromatic rings. The summed E-state index contributed by atoms with van der Waals surface area (Å²) in [6.45, 7) is 4.10. The molecular formula is C15H20N6. The zero-order valence-corrected chi connectivity index (χ0v) is 12.3. The predicted octanol–water partition coefficient (Wildman–Crippen LogP) is 1.60. The van der Waals surface area contributed by atoms with Crippen LogP contribution in [0.15, 0.2) is 18.3 Å². The Labute approximate surface area is 124 Å². The molecule has 1 aliphatic rings. The summed E-state index contributed by atoms with van der Waals surface area (Å²) in [5, 5.41) is 0. The minimum atomic E-state index is 0.284. The van der Waals surface area contributed by atoms with Crippen molar-refractivity contribution in [3.63, 3.8) is 0 Å². The second kappa shape index (κ2) is 6.03. The Kier molecular flexibility index (Phi) is 3.94. The third-order valence-electron chi connectivity index (χ3n) is 3.71. The van der Waals surface area contributed by atoms with Crippen LogP contribution in [0.1, 0.15) is 36.8 Å². The van der Waals surface area contributed by atoms with Gasteiger partial charge in [-0.15, -0.1) is 0 Å². The van der Waals surface area contributed by atoms with Gasteiger partial charge in [-0.25, -0.2) is 0 Å². The summed E-state index contributed by atoms with van der Waals surface area (Å²) in [5.74, 6) is 1.66. The highest BCUT2D eigenvalue weighted by Crippen LogP contribution is 2.17. The quantitative estimate of drug-likeness (QED) is 0.918. The van der Waals surface area contributed by atoms with E-state index in [-0.39, 0.29) is 5.95 Å². The van der Waals surface area contributed by atoms with Gasteiger partial charge in [0.1, 0.15) is 5.82 Å². The Morgan fingerprint density at radius 1 is 1.14 bits per heavy atom. The number of rotatable bonds is 4. The van der Waals surface area contributed by atoms with E-state index in [1.54, 1.807) is 0 Å². The van der Waals surface area contributed by atoms with Gasteiger partial charge in [0.15, 0.2) is 0 Å². The van der Waals surface area contributed by atoms with Crippen molar-refractivity contribution < 1.29 is 0 Å². The molecule has 0 saturated carbocycles. The van der Waals surface area contributed by atoms with Crippen molar-refractivity contribution in [1.82, 2.24) is 19.9 Å². The van der Waals surface area contributed by atoms with E-state index in [4.69, 9.17) is 5.73 Å². The van der Waals surface area contributed by atoms with E-state index in [0.29, 0.717) is 18.2 Å². The second-order valence-electron chi connectivity index (χ2n) is 5.29. The third kappa shape index (κ3) is 3.26. The van der Waals surface area contributed by atoms with Crippen LogP contribution in [-0.2, 0) is 12.8 Å². The summed E-state index contributed by atoms with van der Waals surface area (Å²) < 4.78 is 0. The van der Waals surface area contributed by atoms with E-state index in [2.05, 4.69) is 37.8 Å². The Morgan fingerprint density at radius 3 is 2.62 bits per heavy atom. The number of anilines is 2. The molecule has 3 rings (SSSR count). The molecule has 2 aromatic heterocycles. The van der Waals surface area contributed by atoms with Gasteiger partial charge in [-0.05, 0) is 30.9 Å². The zero-order valence-electron chi connectivity index (χ0n) is 12.3. The Morgan fingerprint density at radius 2 is 1.95 bits per heavy atom. The smallest absolute Gasteiger partial charge is 0.230 e. The largest absolute Gasteiger partial charge is 0.368 e. The number of hydrogen-bond donors (Lipinski definition) is 1. The molecule has 21 heavy (non-hydrogen) atoms. The average Bonchev–Trinajstić information content (AvgIpc) is 3.02. The van der Waals surface area contributed by atoms with E-state index >= 15 is 0 Å². The molecule has 3 heterocycles. The lowest BCUT2D eigenvalue weighted by Crippen LogP contribution is -2.22. The number of nitrogens with zero attached hydrogens (tertiary/aromatic N) is 5. The first-order chi connectivity index (χ1) is 10.2. The fourth-order valence-corrected chi connectivity index (χ4v) is 2.49. The van der Waals surface area contributed by atoms with Crippen LogP contribution in [0.3, 0.4) is 0 Å². The van der Waals surface area contributed by atoms with Gasteiger partial charge in [0.05, 0.1) is 6.42 Å². The number of pyridine rings is 1. The van der Waals surface area contributed by atoms with Crippen LogP contribution in [0, 0.1) is 0 Å². The summed E-state index contributed by atoms with van der Waals surface area (Å²) in [6, 6.07) is 4.11. The van der Waals surface area contributed by atoms with Crippen molar-refractivity contribution in [3.05, 3.63) is 35.4 Å². The maximum absolute atomic E-state index is 5.82. The predicted molar refractivity (Wildman–Crippen MR) is 82.1 cm³/mol. The first-order valence-corrected chi connectivity index (χ1v) is 7.44. The monoisotopic (exact) mass is 284 g/mol. The molecule has 0 spiro atoms. The molecular weight excluding hydrogens is 264 g/mol. The van der Waals surface area contributed by atoms with Gasteiger partial charge < -0.3 is 10.6 Å². The van der Waals surface area contributed by atoms with Crippen molar-refractivity contribution >= 4 is 11.9 Å². The zero-order chi connectivity index (χ0) is 14.7. The second-order valence-corrected chi connectivity index (χ2v) is 5.29. The Hall–Kier alpha value is -2.24. The molecule has 0 bridgehead atoms. The van der Waals surface area contributed by atoms with Crippen molar-refractivity contribution in [2.75, 3.05) is 23.7 Å². The Balaban J connectivity index is 1.80. The highest BCUT2D eigenvalue weighted by atomic mass is 15.3. The summed E-state index contributed by atoms with van der Waals surface area (Å²) in [4.78, 5) is 19.6. The summed E-state index contributed by atoms with van der Waals surface area (Å²) in [7, 11) is 0. The minimum absolute atomic E-state index is 0.284. The molecule has 6 heteroatoms. The van der Waals surface area contributed by atoms with Gasteiger partial charge >= 0.3 is 0 Å². The van der Waals surface area contributed by atoms with Gasteiger partial charge in [-0.2, -0.15) is 15.0 Å². The molecule has 0 radical (unpaired) electrons. The molecule has 0 unspecified atom stereocenters. The highest BCUT2D eigenvalue weighted by Gasteiger charge is 2.16. The molecule has 2 N–H and O–H groups in total. The van der Waals surface area contributed by atoms with Crippen LogP contribution < -0.4 is 10.6 Å². The molecule has 1 aliphatic heterocycles. The van der Waals surface area contributed by atoms with E-state index < -0.39 is 0 Å². The highest BCUT2D eigenvalue weighted by molar-refractivity contribution is 5.36. The van der Waals surface area contributed by atoms with E-state index in [1.165, 1.54) is 18.4 Å². The maximum Gasteiger partial charge on any atom is 0.230 e. The SMILES string of the molecule is CCc1ccc(Cc2nc(N)nc(N3CCCC3)n2)nc1. The lowest BCUT2D eigenvalue weighted by Gasteiger charge is -2.15. The van der Waals surface area contributed by atoms with E-state index in [9.17, 15) is 0 Å². The lowest BCUT2D eigenvalue weighted by atomic mass is 10.2.